The van der Waals surface area contributed by atoms with E-state index in [1.54, 1.807) is 6.20 Å². The van der Waals surface area contributed by atoms with Crippen molar-refractivity contribution < 1.29 is 9.52 Å². The summed E-state index contributed by atoms with van der Waals surface area (Å²) in [7, 11) is 1.98. The van der Waals surface area contributed by atoms with Gasteiger partial charge in [0.1, 0.15) is 17.3 Å². The van der Waals surface area contributed by atoms with Gasteiger partial charge in [0, 0.05) is 13.2 Å². The van der Waals surface area contributed by atoms with Crippen molar-refractivity contribution >= 4 is 5.82 Å². The average Bonchev–Trinajstić information content (AvgIpc) is 2.74. The molecule has 2 aromatic rings. The zero-order valence-corrected chi connectivity index (χ0v) is 11.0. The number of hydrogen-bond donors (Lipinski definition) is 1. The smallest absolute Gasteiger partial charge is 0.131 e. The second-order valence-electron chi connectivity index (χ2n) is 4.51. The summed E-state index contributed by atoms with van der Waals surface area (Å²) in [5.74, 6) is 2.74. The van der Waals surface area contributed by atoms with Crippen LogP contribution in [0.2, 0.25) is 0 Å². The van der Waals surface area contributed by atoms with E-state index in [0.717, 1.165) is 28.5 Å². The molecule has 96 valence electrons. The molecule has 2 heterocycles. The van der Waals surface area contributed by atoms with Gasteiger partial charge in [0.05, 0.1) is 13.2 Å². The van der Waals surface area contributed by atoms with Crippen molar-refractivity contribution in [1.29, 1.82) is 0 Å². The predicted octanol–water partition coefficient (Wildman–Crippen LogP) is 2.42. The first-order chi connectivity index (χ1) is 8.60. The highest BCUT2D eigenvalue weighted by molar-refractivity contribution is 5.46. The molecule has 0 aliphatic rings. The molecule has 0 atom stereocenters. The van der Waals surface area contributed by atoms with Gasteiger partial charge in [-0.05, 0) is 43.2 Å². The van der Waals surface area contributed by atoms with E-state index >= 15 is 0 Å². The lowest BCUT2D eigenvalue weighted by atomic mass is 10.2. The summed E-state index contributed by atoms with van der Waals surface area (Å²) >= 11 is 0. The van der Waals surface area contributed by atoms with Crippen LogP contribution in [0.15, 0.2) is 28.8 Å². The van der Waals surface area contributed by atoms with Crippen LogP contribution in [0, 0.1) is 13.8 Å². The number of aryl methyl sites for hydroxylation is 2. The van der Waals surface area contributed by atoms with Crippen molar-refractivity contribution in [3.63, 3.8) is 0 Å². The van der Waals surface area contributed by atoms with Crippen LogP contribution in [0.4, 0.5) is 5.82 Å². The van der Waals surface area contributed by atoms with E-state index in [1.165, 1.54) is 0 Å². The van der Waals surface area contributed by atoms with Crippen LogP contribution in [0.25, 0.3) is 0 Å². The van der Waals surface area contributed by atoms with Crippen LogP contribution in [-0.4, -0.2) is 17.1 Å². The highest BCUT2D eigenvalue weighted by Gasteiger charge is 2.09. The van der Waals surface area contributed by atoms with Gasteiger partial charge in [0.15, 0.2) is 0 Å². The first kappa shape index (κ1) is 12.6. The van der Waals surface area contributed by atoms with Crippen LogP contribution in [0.5, 0.6) is 0 Å². The Kier molecular flexibility index (Phi) is 3.67. The van der Waals surface area contributed by atoms with Gasteiger partial charge < -0.3 is 14.4 Å². The first-order valence-corrected chi connectivity index (χ1v) is 5.93. The minimum Gasteiger partial charge on any atom is -0.464 e. The molecule has 18 heavy (non-hydrogen) atoms. The number of aliphatic hydroxyl groups excluding tert-OH is 1. The van der Waals surface area contributed by atoms with Crippen LogP contribution in [-0.2, 0) is 13.2 Å². The van der Waals surface area contributed by atoms with Crippen molar-refractivity contribution in [1.82, 2.24) is 4.98 Å². The quantitative estimate of drug-likeness (QED) is 0.900. The van der Waals surface area contributed by atoms with Crippen LogP contribution < -0.4 is 4.90 Å². The highest BCUT2D eigenvalue weighted by atomic mass is 16.3. The Hall–Kier alpha value is -1.81. The Labute approximate surface area is 107 Å². The Balaban J connectivity index is 2.15. The standard InChI is InChI=1S/C14H18N2O2/c1-10-6-12(9-17)7-15-14(10)16(3)8-13-5-4-11(2)18-13/h4-7,17H,8-9H2,1-3H3. The molecule has 0 aromatic carbocycles. The second kappa shape index (κ2) is 5.23. The van der Waals surface area contributed by atoms with E-state index in [1.807, 2.05) is 44.0 Å². The van der Waals surface area contributed by atoms with Gasteiger partial charge in [0.25, 0.3) is 0 Å². The fourth-order valence-electron chi connectivity index (χ4n) is 1.99. The molecule has 4 nitrogen and oxygen atoms in total. The number of furan rings is 1. The Bertz CT molecular complexity index is 534. The van der Waals surface area contributed by atoms with Crippen molar-refractivity contribution in [2.75, 3.05) is 11.9 Å². The number of aromatic nitrogens is 1. The minimum absolute atomic E-state index is 0.0230. The lowest BCUT2D eigenvalue weighted by Gasteiger charge is -2.19. The molecule has 0 radical (unpaired) electrons. The van der Waals surface area contributed by atoms with Gasteiger partial charge in [-0.25, -0.2) is 4.98 Å². The molecule has 0 bridgehead atoms. The molecule has 2 rings (SSSR count). The summed E-state index contributed by atoms with van der Waals surface area (Å²) in [5.41, 5.74) is 1.88. The Morgan fingerprint density at radius 3 is 2.67 bits per heavy atom. The normalized spacial score (nSPS) is 10.7. The van der Waals surface area contributed by atoms with Gasteiger partial charge in [0.2, 0.25) is 0 Å². The third-order valence-electron chi connectivity index (χ3n) is 2.84. The zero-order chi connectivity index (χ0) is 13.1. The molecular formula is C14H18N2O2. The fraction of sp³-hybridized carbons (Fsp3) is 0.357. The maximum absolute atomic E-state index is 9.06. The highest BCUT2D eigenvalue weighted by Crippen LogP contribution is 2.19. The lowest BCUT2D eigenvalue weighted by molar-refractivity contribution is 0.281. The molecule has 0 unspecified atom stereocenters. The van der Waals surface area contributed by atoms with E-state index in [2.05, 4.69) is 4.98 Å². The van der Waals surface area contributed by atoms with Crippen molar-refractivity contribution in [2.45, 2.75) is 27.0 Å². The van der Waals surface area contributed by atoms with Gasteiger partial charge in [-0.3, -0.25) is 0 Å². The van der Waals surface area contributed by atoms with Gasteiger partial charge in [-0.15, -0.1) is 0 Å². The maximum Gasteiger partial charge on any atom is 0.131 e. The Morgan fingerprint density at radius 2 is 2.11 bits per heavy atom. The molecule has 0 aliphatic carbocycles. The summed E-state index contributed by atoms with van der Waals surface area (Å²) in [6.45, 7) is 4.63. The van der Waals surface area contributed by atoms with Crippen molar-refractivity contribution in [3.05, 3.63) is 47.0 Å². The number of rotatable bonds is 4. The molecule has 0 amide bonds. The van der Waals surface area contributed by atoms with E-state index in [9.17, 15) is 0 Å². The van der Waals surface area contributed by atoms with Gasteiger partial charge in [-0.1, -0.05) is 0 Å². The minimum atomic E-state index is 0.0230. The van der Waals surface area contributed by atoms with Crippen LogP contribution >= 0.6 is 0 Å². The molecular weight excluding hydrogens is 228 g/mol. The first-order valence-electron chi connectivity index (χ1n) is 5.93. The van der Waals surface area contributed by atoms with E-state index in [0.29, 0.717) is 6.54 Å². The SMILES string of the molecule is Cc1ccc(CN(C)c2ncc(CO)cc2C)o1. The summed E-state index contributed by atoms with van der Waals surface area (Å²) in [6, 6.07) is 5.88. The van der Waals surface area contributed by atoms with E-state index in [-0.39, 0.29) is 6.61 Å². The largest absolute Gasteiger partial charge is 0.464 e. The Morgan fingerprint density at radius 1 is 1.33 bits per heavy atom. The van der Waals surface area contributed by atoms with Crippen molar-refractivity contribution in [3.8, 4) is 0 Å². The average molecular weight is 246 g/mol. The maximum atomic E-state index is 9.06. The van der Waals surface area contributed by atoms with Crippen molar-refractivity contribution in [2.24, 2.45) is 0 Å². The van der Waals surface area contributed by atoms with Crippen LogP contribution in [0.1, 0.15) is 22.6 Å². The number of nitrogens with zero attached hydrogens (tertiary/aromatic N) is 2. The van der Waals surface area contributed by atoms with Crippen LogP contribution in [0.3, 0.4) is 0 Å². The number of anilines is 1. The number of pyridine rings is 1. The third kappa shape index (κ3) is 2.71. The predicted molar refractivity (Wildman–Crippen MR) is 70.4 cm³/mol. The third-order valence-corrected chi connectivity index (χ3v) is 2.84. The van der Waals surface area contributed by atoms with Gasteiger partial charge in [-0.2, -0.15) is 0 Å². The molecule has 0 spiro atoms. The van der Waals surface area contributed by atoms with E-state index in [4.69, 9.17) is 9.52 Å². The van der Waals surface area contributed by atoms with E-state index < -0.39 is 0 Å². The molecule has 0 fully saturated rings. The summed E-state index contributed by atoms with van der Waals surface area (Å²) in [5, 5.41) is 9.06. The summed E-state index contributed by atoms with van der Waals surface area (Å²) in [6.07, 6.45) is 1.70. The topological polar surface area (TPSA) is 49.5 Å². The molecule has 0 saturated heterocycles. The second-order valence-corrected chi connectivity index (χ2v) is 4.51. The molecule has 4 heteroatoms. The number of aliphatic hydroxyl groups is 1. The summed E-state index contributed by atoms with van der Waals surface area (Å²) in [4.78, 5) is 6.41. The monoisotopic (exact) mass is 246 g/mol. The molecule has 2 aromatic heterocycles. The van der Waals surface area contributed by atoms with Gasteiger partial charge >= 0.3 is 0 Å². The molecule has 1 N–H and O–H groups in total. The molecule has 0 aliphatic heterocycles. The zero-order valence-electron chi connectivity index (χ0n) is 11.0. The summed E-state index contributed by atoms with van der Waals surface area (Å²) < 4.78 is 5.55. The molecule has 0 saturated carbocycles. The fourth-order valence-corrected chi connectivity index (χ4v) is 1.99. The lowest BCUT2D eigenvalue weighted by Crippen LogP contribution is -2.18. The number of hydrogen-bond acceptors (Lipinski definition) is 4.